The fourth-order valence-corrected chi connectivity index (χ4v) is 2.88. The van der Waals surface area contributed by atoms with Crippen molar-refractivity contribution in [3.63, 3.8) is 0 Å². The Morgan fingerprint density at radius 3 is 2.54 bits per heavy atom. The molecule has 2 amide bonds. The van der Waals surface area contributed by atoms with Gasteiger partial charge in [0.15, 0.2) is 11.9 Å². The van der Waals surface area contributed by atoms with E-state index < -0.39 is 6.10 Å². The third-order valence-corrected chi connectivity index (χ3v) is 4.38. The van der Waals surface area contributed by atoms with Gasteiger partial charge in [-0.2, -0.15) is 0 Å². The molecular formula is C19H22N2O5. The first-order chi connectivity index (χ1) is 12.5. The number of nitrogens with zero attached hydrogens (tertiary/aromatic N) is 1. The van der Waals surface area contributed by atoms with E-state index in [0.29, 0.717) is 37.4 Å². The van der Waals surface area contributed by atoms with Gasteiger partial charge < -0.3 is 24.5 Å². The summed E-state index contributed by atoms with van der Waals surface area (Å²) in [4.78, 5) is 26.3. The van der Waals surface area contributed by atoms with Crippen LogP contribution in [0.3, 0.4) is 0 Å². The van der Waals surface area contributed by atoms with Gasteiger partial charge in [0.25, 0.3) is 11.8 Å². The van der Waals surface area contributed by atoms with E-state index in [0.717, 1.165) is 0 Å². The largest absolute Gasteiger partial charge is 0.508 e. The van der Waals surface area contributed by atoms with Crippen LogP contribution >= 0.6 is 0 Å². The summed E-state index contributed by atoms with van der Waals surface area (Å²) >= 11 is 0. The second kappa shape index (κ2) is 7.95. The molecule has 2 aromatic rings. The normalized spacial score (nSPS) is 16.1. The summed E-state index contributed by atoms with van der Waals surface area (Å²) in [5.41, 5.74) is 0. The van der Waals surface area contributed by atoms with Gasteiger partial charge in [-0.3, -0.25) is 9.59 Å². The maximum atomic E-state index is 12.3. The van der Waals surface area contributed by atoms with Crippen LogP contribution in [0.1, 0.15) is 30.3 Å². The smallest absolute Gasteiger partial charge is 0.289 e. The summed E-state index contributed by atoms with van der Waals surface area (Å²) in [6.45, 7) is 2.81. The first kappa shape index (κ1) is 17.8. The van der Waals surface area contributed by atoms with Crippen LogP contribution in [-0.4, -0.2) is 47.1 Å². The molecule has 2 N–H and O–H groups in total. The van der Waals surface area contributed by atoms with Crippen molar-refractivity contribution in [1.29, 1.82) is 0 Å². The quantitative estimate of drug-likeness (QED) is 0.855. The maximum Gasteiger partial charge on any atom is 0.289 e. The van der Waals surface area contributed by atoms with Crippen molar-refractivity contribution < 1.29 is 23.8 Å². The number of phenolic OH excluding ortho intramolecular Hbond substituents is 1. The molecule has 0 spiro atoms. The number of piperidine rings is 1. The summed E-state index contributed by atoms with van der Waals surface area (Å²) in [5.74, 6) is 0.677. The number of aromatic hydroxyl groups is 1. The number of nitrogens with one attached hydrogen (secondary N) is 1. The number of phenols is 1. The first-order valence-corrected chi connectivity index (χ1v) is 8.62. The lowest BCUT2D eigenvalue weighted by Gasteiger charge is -2.32. The Kier molecular flexibility index (Phi) is 5.46. The number of furan rings is 1. The van der Waals surface area contributed by atoms with Crippen molar-refractivity contribution >= 4 is 11.8 Å². The second-order valence-corrected chi connectivity index (χ2v) is 6.31. The van der Waals surface area contributed by atoms with Crippen LogP contribution in [0, 0.1) is 0 Å². The average Bonchev–Trinajstić information content (AvgIpc) is 3.18. The molecule has 0 saturated carbocycles. The topological polar surface area (TPSA) is 92.0 Å². The molecule has 1 saturated heterocycles. The molecule has 1 atom stereocenters. The van der Waals surface area contributed by atoms with Gasteiger partial charge in [-0.25, -0.2) is 0 Å². The van der Waals surface area contributed by atoms with Gasteiger partial charge in [0.2, 0.25) is 0 Å². The minimum atomic E-state index is -0.651. The van der Waals surface area contributed by atoms with Gasteiger partial charge in [-0.1, -0.05) is 0 Å². The van der Waals surface area contributed by atoms with Crippen molar-refractivity contribution in [2.75, 3.05) is 13.1 Å². The summed E-state index contributed by atoms with van der Waals surface area (Å²) in [6, 6.07) is 9.58. The van der Waals surface area contributed by atoms with E-state index >= 15 is 0 Å². The molecule has 1 aromatic heterocycles. The number of carbonyl (C=O) groups excluding carboxylic acids is 2. The van der Waals surface area contributed by atoms with E-state index in [4.69, 9.17) is 9.15 Å². The molecule has 1 aromatic carbocycles. The van der Waals surface area contributed by atoms with Crippen molar-refractivity contribution in [2.45, 2.75) is 31.9 Å². The number of ether oxygens (including phenoxy) is 1. The third-order valence-electron chi connectivity index (χ3n) is 4.38. The average molecular weight is 358 g/mol. The van der Waals surface area contributed by atoms with Crippen LogP contribution in [-0.2, 0) is 4.79 Å². The predicted molar refractivity (Wildman–Crippen MR) is 94.0 cm³/mol. The van der Waals surface area contributed by atoms with E-state index in [1.165, 1.54) is 18.4 Å². The zero-order chi connectivity index (χ0) is 18.5. The summed E-state index contributed by atoms with van der Waals surface area (Å²) in [7, 11) is 0. The monoisotopic (exact) mass is 358 g/mol. The van der Waals surface area contributed by atoms with E-state index in [1.54, 1.807) is 36.1 Å². The van der Waals surface area contributed by atoms with Crippen molar-refractivity contribution in [2.24, 2.45) is 0 Å². The fraction of sp³-hybridized carbons (Fsp3) is 0.368. The van der Waals surface area contributed by atoms with Gasteiger partial charge in [0.05, 0.1) is 6.26 Å². The lowest BCUT2D eigenvalue weighted by molar-refractivity contribution is -0.128. The number of hydrogen-bond acceptors (Lipinski definition) is 5. The number of rotatable bonds is 5. The molecule has 0 aliphatic carbocycles. The van der Waals surface area contributed by atoms with E-state index in [-0.39, 0.29) is 23.6 Å². The molecule has 1 aliphatic heterocycles. The lowest BCUT2D eigenvalue weighted by atomic mass is 10.0. The number of hydrogen-bond donors (Lipinski definition) is 2. The molecule has 0 bridgehead atoms. The Morgan fingerprint density at radius 1 is 1.23 bits per heavy atom. The summed E-state index contributed by atoms with van der Waals surface area (Å²) < 4.78 is 10.7. The second-order valence-electron chi connectivity index (χ2n) is 6.31. The molecule has 138 valence electrons. The molecule has 7 nitrogen and oxygen atoms in total. The zero-order valence-electron chi connectivity index (χ0n) is 14.6. The highest BCUT2D eigenvalue weighted by atomic mass is 16.5. The Hall–Kier alpha value is -2.96. The summed E-state index contributed by atoms with van der Waals surface area (Å²) in [5, 5.41) is 12.2. The van der Waals surface area contributed by atoms with Crippen molar-refractivity contribution in [1.82, 2.24) is 10.2 Å². The molecule has 2 heterocycles. The van der Waals surface area contributed by atoms with Crippen LogP contribution in [0.5, 0.6) is 11.5 Å². The molecular weight excluding hydrogens is 336 g/mol. The Balaban J connectivity index is 1.45. The van der Waals surface area contributed by atoms with Gasteiger partial charge in [0, 0.05) is 19.1 Å². The standard InChI is InChI=1S/C19H22N2O5/c1-13(26-16-6-4-15(22)5-7-16)18(23)20-14-8-10-21(11-9-14)19(24)17-3-2-12-25-17/h2-7,12-14,22H,8-11H2,1H3,(H,20,23). The SMILES string of the molecule is CC(Oc1ccc(O)cc1)C(=O)NC1CCN(C(=O)c2ccco2)CC1. The third kappa shape index (κ3) is 4.36. The maximum absolute atomic E-state index is 12.3. The number of amides is 2. The summed E-state index contributed by atoms with van der Waals surface area (Å²) in [6.07, 6.45) is 2.20. The highest BCUT2D eigenvalue weighted by Gasteiger charge is 2.27. The van der Waals surface area contributed by atoms with Crippen LogP contribution in [0.4, 0.5) is 0 Å². The Labute approximate surface area is 151 Å². The molecule has 26 heavy (non-hydrogen) atoms. The van der Waals surface area contributed by atoms with E-state index in [9.17, 15) is 14.7 Å². The van der Waals surface area contributed by atoms with E-state index in [2.05, 4.69) is 5.32 Å². The highest BCUT2D eigenvalue weighted by Crippen LogP contribution is 2.18. The minimum Gasteiger partial charge on any atom is -0.508 e. The van der Waals surface area contributed by atoms with Crippen LogP contribution < -0.4 is 10.1 Å². The van der Waals surface area contributed by atoms with Crippen molar-refractivity contribution in [3.05, 3.63) is 48.4 Å². The molecule has 7 heteroatoms. The predicted octanol–water partition coefficient (Wildman–Crippen LogP) is 2.17. The molecule has 0 radical (unpaired) electrons. The van der Waals surface area contributed by atoms with Crippen molar-refractivity contribution in [3.8, 4) is 11.5 Å². The minimum absolute atomic E-state index is 0.00835. The first-order valence-electron chi connectivity index (χ1n) is 8.62. The zero-order valence-corrected chi connectivity index (χ0v) is 14.6. The van der Waals surface area contributed by atoms with Gasteiger partial charge in [-0.05, 0) is 56.2 Å². The Bertz CT molecular complexity index is 734. The van der Waals surface area contributed by atoms with Crippen LogP contribution in [0.2, 0.25) is 0 Å². The van der Waals surface area contributed by atoms with Gasteiger partial charge in [-0.15, -0.1) is 0 Å². The Morgan fingerprint density at radius 2 is 1.92 bits per heavy atom. The number of benzene rings is 1. The van der Waals surface area contributed by atoms with Crippen LogP contribution in [0.15, 0.2) is 47.1 Å². The molecule has 1 unspecified atom stereocenters. The molecule has 1 fully saturated rings. The van der Waals surface area contributed by atoms with E-state index in [1.807, 2.05) is 0 Å². The highest BCUT2D eigenvalue weighted by molar-refractivity contribution is 5.91. The van der Waals surface area contributed by atoms with Gasteiger partial charge >= 0.3 is 0 Å². The number of carbonyl (C=O) groups is 2. The van der Waals surface area contributed by atoms with Crippen LogP contribution in [0.25, 0.3) is 0 Å². The fourth-order valence-electron chi connectivity index (χ4n) is 2.88. The molecule has 1 aliphatic rings. The number of likely N-dealkylation sites (tertiary alicyclic amines) is 1. The lowest BCUT2D eigenvalue weighted by Crippen LogP contribution is -2.49. The molecule has 3 rings (SSSR count). The van der Waals surface area contributed by atoms with Gasteiger partial charge in [0.1, 0.15) is 11.5 Å².